The number of aliphatic carboxylic acids is 1. The Kier molecular flexibility index (Phi) is 6.90. The Labute approximate surface area is 111 Å². The van der Waals surface area contributed by atoms with Crippen LogP contribution in [0.25, 0.3) is 0 Å². The van der Waals surface area contributed by atoms with Crippen LogP contribution in [0, 0.1) is 5.82 Å². The number of nitrogens with one attached hydrogen (secondary N) is 1. The van der Waals surface area contributed by atoms with Crippen LogP contribution in [0.4, 0.5) is 4.39 Å². The van der Waals surface area contributed by atoms with Crippen LogP contribution in [0.1, 0.15) is 5.56 Å². The first kappa shape index (κ1) is 14.9. The number of hydrogen-bond acceptors (Lipinski definition) is 2. The Hall–Kier alpha value is -2.20. The predicted molar refractivity (Wildman–Crippen MR) is 72.2 cm³/mol. The Bertz CT molecular complexity index is 474. The summed E-state index contributed by atoms with van der Waals surface area (Å²) in [7, 11) is 0. The summed E-state index contributed by atoms with van der Waals surface area (Å²) in [5.74, 6) is -1.01. The smallest absolute Gasteiger partial charge is 0.317 e. The highest BCUT2D eigenvalue weighted by Crippen LogP contribution is 1.96. The molecule has 0 heterocycles. The zero-order valence-corrected chi connectivity index (χ0v) is 10.4. The maximum absolute atomic E-state index is 11.9. The molecule has 4 heteroatoms. The standard InChI is InChI=1S/C9H11NO2.C6H5F/c11-9(12)7-10-6-8-4-2-1-3-5-8;7-6-4-2-1-3-5-6/h1-5,10H,6-7H2,(H,11,12);1-5H. The molecule has 0 radical (unpaired) electrons. The van der Waals surface area contributed by atoms with Crippen LogP contribution < -0.4 is 5.32 Å². The van der Waals surface area contributed by atoms with Gasteiger partial charge in [0.1, 0.15) is 5.82 Å². The average molecular weight is 261 g/mol. The third-order valence-corrected chi connectivity index (χ3v) is 2.18. The van der Waals surface area contributed by atoms with Gasteiger partial charge < -0.3 is 10.4 Å². The van der Waals surface area contributed by atoms with Crippen molar-refractivity contribution in [3.8, 4) is 0 Å². The molecule has 0 aliphatic heterocycles. The van der Waals surface area contributed by atoms with E-state index in [1.807, 2.05) is 30.3 Å². The van der Waals surface area contributed by atoms with Crippen molar-refractivity contribution in [2.24, 2.45) is 0 Å². The number of halogens is 1. The molecule has 0 aliphatic carbocycles. The molecule has 2 N–H and O–H groups in total. The third kappa shape index (κ3) is 7.68. The highest BCUT2D eigenvalue weighted by molar-refractivity contribution is 5.68. The molecule has 0 spiro atoms. The fourth-order valence-corrected chi connectivity index (χ4v) is 1.32. The summed E-state index contributed by atoms with van der Waals surface area (Å²) in [6, 6.07) is 17.6. The van der Waals surface area contributed by atoms with Crippen molar-refractivity contribution >= 4 is 5.97 Å². The van der Waals surface area contributed by atoms with E-state index in [0.717, 1.165) is 5.56 Å². The summed E-state index contributed by atoms with van der Waals surface area (Å²) in [5.41, 5.74) is 1.10. The molecule has 0 amide bonds. The molecule has 0 saturated carbocycles. The number of carboxylic acid groups (broad SMARTS) is 1. The lowest BCUT2D eigenvalue weighted by Gasteiger charge is -2.00. The van der Waals surface area contributed by atoms with Gasteiger partial charge in [-0.3, -0.25) is 4.79 Å². The summed E-state index contributed by atoms with van der Waals surface area (Å²) in [4.78, 5) is 10.1. The molecular formula is C15H16FNO2. The molecule has 2 rings (SSSR count). The second kappa shape index (κ2) is 8.83. The number of benzene rings is 2. The Morgan fingerprint density at radius 3 is 1.95 bits per heavy atom. The fourth-order valence-electron chi connectivity index (χ4n) is 1.32. The highest BCUT2D eigenvalue weighted by atomic mass is 19.1. The van der Waals surface area contributed by atoms with Crippen LogP contribution in [0.2, 0.25) is 0 Å². The van der Waals surface area contributed by atoms with Crippen LogP contribution in [0.3, 0.4) is 0 Å². The highest BCUT2D eigenvalue weighted by Gasteiger charge is 1.94. The Morgan fingerprint density at radius 2 is 1.53 bits per heavy atom. The van der Waals surface area contributed by atoms with Gasteiger partial charge in [-0.2, -0.15) is 0 Å². The third-order valence-electron chi connectivity index (χ3n) is 2.18. The average Bonchev–Trinajstić information content (AvgIpc) is 2.41. The van der Waals surface area contributed by atoms with Crippen molar-refractivity contribution < 1.29 is 14.3 Å². The van der Waals surface area contributed by atoms with E-state index in [0.29, 0.717) is 6.54 Å². The summed E-state index contributed by atoms with van der Waals surface area (Å²) in [5, 5.41) is 11.1. The van der Waals surface area contributed by atoms with Crippen LogP contribution in [-0.2, 0) is 11.3 Å². The van der Waals surface area contributed by atoms with Gasteiger partial charge in [0.15, 0.2) is 0 Å². The monoisotopic (exact) mass is 261 g/mol. The van der Waals surface area contributed by atoms with Crippen molar-refractivity contribution in [1.29, 1.82) is 0 Å². The summed E-state index contributed by atoms with van der Waals surface area (Å²) in [6.45, 7) is 0.613. The lowest BCUT2D eigenvalue weighted by Crippen LogP contribution is -2.21. The molecule has 3 nitrogen and oxygen atoms in total. The topological polar surface area (TPSA) is 49.3 Å². The van der Waals surface area contributed by atoms with E-state index in [1.54, 1.807) is 18.2 Å². The number of rotatable bonds is 4. The zero-order valence-electron chi connectivity index (χ0n) is 10.4. The van der Waals surface area contributed by atoms with Crippen LogP contribution >= 0.6 is 0 Å². The second-order valence-electron chi connectivity index (χ2n) is 3.78. The van der Waals surface area contributed by atoms with Gasteiger partial charge in [-0.05, 0) is 17.7 Å². The molecular weight excluding hydrogens is 245 g/mol. The van der Waals surface area contributed by atoms with Gasteiger partial charge in [-0.1, -0.05) is 48.5 Å². The lowest BCUT2D eigenvalue weighted by molar-refractivity contribution is -0.135. The van der Waals surface area contributed by atoms with E-state index in [9.17, 15) is 9.18 Å². The SMILES string of the molecule is Fc1ccccc1.O=C(O)CNCc1ccccc1. The van der Waals surface area contributed by atoms with Gasteiger partial charge in [0.2, 0.25) is 0 Å². The number of carbonyl (C=O) groups is 1. The molecule has 0 unspecified atom stereocenters. The van der Waals surface area contributed by atoms with E-state index in [4.69, 9.17) is 5.11 Å². The van der Waals surface area contributed by atoms with Crippen LogP contribution in [0.5, 0.6) is 0 Å². The zero-order chi connectivity index (χ0) is 13.9. The van der Waals surface area contributed by atoms with Crippen molar-refractivity contribution in [2.45, 2.75) is 6.54 Å². The van der Waals surface area contributed by atoms with Crippen LogP contribution in [0.15, 0.2) is 60.7 Å². The minimum atomic E-state index is -0.828. The van der Waals surface area contributed by atoms with Gasteiger partial charge in [0, 0.05) is 6.54 Å². The summed E-state index contributed by atoms with van der Waals surface area (Å²) < 4.78 is 11.9. The van der Waals surface area contributed by atoms with Gasteiger partial charge in [0.25, 0.3) is 0 Å². The van der Waals surface area contributed by atoms with E-state index in [-0.39, 0.29) is 12.4 Å². The van der Waals surface area contributed by atoms with E-state index < -0.39 is 5.97 Å². The predicted octanol–water partition coefficient (Wildman–Crippen LogP) is 2.69. The first-order valence-electron chi connectivity index (χ1n) is 5.85. The van der Waals surface area contributed by atoms with E-state index in [2.05, 4.69) is 5.32 Å². The molecule has 2 aromatic rings. The van der Waals surface area contributed by atoms with Gasteiger partial charge in [-0.15, -0.1) is 0 Å². The molecule has 0 saturated heterocycles. The molecule has 19 heavy (non-hydrogen) atoms. The molecule has 0 atom stereocenters. The maximum Gasteiger partial charge on any atom is 0.317 e. The fraction of sp³-hybridized carbons (Fsp3) is 0.133. The number of hydrogen-bond donors (Lipinski definition) is 2. The van der Waals surface area contributed by atoms with Crippen LogP contribution in [-0.4, -0.2) is 17.6 Å². The van der Waals surface area contributed by atoms with E-state index in [1.165, 1.54) is 12.1 Å². The quantitative estimate of drug-likeness (QED) is 0.889. The Morgan fingerprint density at radius 1 is 1.00 bits per heavy atom. The molecule has 0 aliphatic rings. The van der Waals surface area contributed by atoms with Crippen molar-refractivity contribution in [3.05, 3.63) is 72.0 Å². The maximum atomic E-state index is 11.9. The largest absolute Gasteiger partial charge is 0.480 e. The Balaban J connectivity index is 0.000000218. The molecule has 100 valence electrons. The van der Waals surface area contributed by atoms with E-state index >= 15 is 0 Å². The molecule has 0 aromatic heterocycles. The minimum absolute atomic E-state index is 0.00882. The molecule has 2 aromatic carbocycles. The van der Waals surface area contributed by atoms with Gasteiger partial charge >= 0.3 is 5.97 Å². The minimum Gasteiger partial charge on any atom is -0.480 e. The number of carboxylic acids is 1. The molecule has 0 fully saturated rings. The first-order valence-corrected chi connectivity index (χ1v) is 5.85. The normalized spacial score (nSPS) is 9.32. The first-order chi connectivity index (χ1) is 9.18. The van der Waals surface area contributed by atoms with Crippen molar-refractivity contribution in [2.75, 3.05) is 6.54 Å². The van der Waals surface area contributed by atoms with Crippen molar-refractivity contribution in [3.63, 3.8) is 0 Å². The summed E-state index contributed by atoms with van der Waals surface area (Å²) in [6.07, 6.45) is 0. The second-order valence-corrected chi connectivity index (χ2v) is 3.78. The van der Waals surface area contributed by atoms with Gasteiger partial charge in [-0.25, -0.2) is 4.39 Å². The van der Waals surface area contributed by atoms with Gasteiger partial charge in [0.05, 0.1) is 6.54 Å². The van der Waals surface area contributed by atoms with Crippen molar-refractivity contribution in [1.82, 2.24) is 5.32 Å². The molecule has 0 bridgehead atoms. The lowest BCUT2D eigenvalue weighted by atomic mass is 10.2. The summed E-state index contributed by atoms with van der Waals surface area (Å²) >= 11 is 0.